The third-order valence-corrected chi connectivity index (χ3v) is 6.07. The minimum absolute atomic E-state index is 0.326. The van der Waals surface area contributed by atoms with Crippen LogP contribution in [-0.2, 0) is 4.74 Å². The maximum atomic E-state index is 10.1. The number of aliphatic hydroxyl groups is 1. The van der Waals surface area contributed by atoms with Crippen LogP contribution < -0.4 is 5.32 Å². The van der Waals surface area contributed by atoms with E-state index in [1.165, 1.54) is 12.8 Å². The summed E-state index contributed by atoms with van der Waals surface area (Å²) < 4.78 is 5.86. The quantitative estimate of drug-likeness (QED) is 0.787. The molecule has 118 valence electrons. The van der Waals surface area contributed by atoms with Gasteiger partial charge in [-0.15, -0.1) is 0 Å². The van der Waals surface area contributed by atoms with E-state index < -0.39 is 0 Å². The van der Waals surface area contributed by atoms with E-state index in [1.807, 2.05) is 0 Å². The fraction of sp³-hybridized carbons (Fsp3) is 1.00. The Kier molecular flexibility index (Phi) is 4.83. The molecule has 0 amide bonds. The summed E-state index contributed by atoms with van der Waals surface area (Å²) in [6.07, 6.45) is 4.83. The number of nitrogens with one attached hydrogen (secondary N) is 1. The molecule has 2 saturated carbocycles. The molecule has 2 rings (SSSR count). The van der Waals surface area contributed by atoms with Crippen molar-refractivity contribution in [1.29, 1.82) is 0 Å². The summed E-state index contributed by atoms with van der Waals surface area (Å²) >= 11 is 0. The van der Waals surface area contributed by atoms with Gasteiger partial charge in [0, 0.05) is 12.6 Å². The molecule has 0 bridgehead atoms. The van der Waals surface area contributed by atoms with Crippen LogP contribution in [0.1, 0.15) is 60.3 Å². The summed E-state index contributed by atoms with van der Waals surface area (Å²) in [4.78, 5) is 0. The zero-order chi connectivity index (χ0) is 15.0. The van der Waals surface area contributed by atoms with Gasteiger partial charge in [-0.25, -0.2) is 0 Å². The standard InChI is InChI=1S/C17H33NO2/c1-12-6-8-14(9-7-12)20-11-13(19)10-18-15-16(2,3)17(15,4)5/h12-15,18-19H,6-11H2,1-5H3. The Hall–Kier alpha value is -0.120. The van der Waals surface area contributed by atoms with Crippen LogP contribution >= 0.6 is 0 Å². The fourth-order valence-electron chi connectivity index (χ4n) is 3.66. The van der Waals surface area contributed by atoms with Crippen LogP contribution in [0.2, 0.25) is 0 Å². The molecular weight excluding hydrogens is 250 g/mol. The topological polar surface area (TPSA) is 41.5 Å². The molecule has 0 aliphatic heterocycles. The number of rotatable bonds is 6. The number of hydrogen-bond acceptors (Lipinski definition) is 3. The van der Waals surface area contributed by atoms with Crippen molar-refractivity contribution < 1.29 is 9.84 Å². The predicted octanol–water partition coefficient (Wildman–Crippen LogP) is 2.97. The molecule has 20 heavy (non-hydrogen) atoms. The lowest BCUT2D eigenvalue weighted by atomic mass is 9.89. The third kappa shape index (κ3) is 3.37. The lowest BCUT2D eigenvalue weighted by Crippen LogP contribution is -2.35. The van der Waals surface area contributed by atoms with Crippen LogP contribution in [0.4, 0.5) is 0 Å². The van der Waals surface area contributed by atoms with Crippen LogP contribution in [0.25, 0.3) is 0 Å². The lowest BCUT2D eigenvalue weighted by molar-refractivity contribution is -0.0281. The van der Waals surface area contributed by atoms with Crippen molar-refractivity contribution in [2.24, 2.45) is 16.7 Å². The van der Waals surface area contributed by atoms with E-state index in [0.29, 0.717) is 36.1 Å². The molecule has 2 fully saturated rings. The predicted molar refractivity (Wildman–Crippen MR) is 82.7 cm³/mol. The average Bonchev–Trinajstić information content (AvgIpc) is 2.76. The van der Waals surface area contributed by atoms with Gasteiger partial charge in [0.1, 0.15) is 0 Å². The molecule has 2 aliphatic carbocycles. The highest BCUT2D eigenvalue weighted by Gasteiger charge is 2.64. The molecule has 1 atom stereocenters. The molecule has 3 heteroatoms. The zero-order valence-electron chi connectivity index (χ0n) is 13.9. The van der Waals surface area contributed by atoms with E-state index in [2.05, 4.69) is 39.9 Å². The Labute approximate surface area is 124 Å². The van der Waals surface area contributed by atoms with Crippen molar-refractivity contribution >= 4 is 0 Å². The second kappa shape index (κ2) is 5.94. The van der Waals surface area contributed by atoms with Crippen LogP contribution in [0.5, 0.6) is 0 Å². The largest absolute Gasteiger partial charge is 0.389 e. The fourth-order valence-corrected chi connectivity index (χ4v) is 3.66. The van der Waals surface area contributed by atoms with Crippen molar-refractivity contribution in [1.82, 2.24) is 5.32 Å². The molecular formula is C17H33NO2. The molecule has 2 N–H and O–H groups in total. The lowest BCUT2D eigenvalue weighted by Gasteiger charge is -2.27. The maximum absolute atomic E-state index is 10.1. The van der Waals surface area contributed by atoms with Crippen LogP contribution in [0, 0.1) is 16.7 Å². The molecule has 1 unspecified atom stereocenters. The van der Waals surface area contributed by atoms with Gasteiger partial charge in [-0.05, 0) is 42.4 Å². The first-order valence-corrected chi connectivity index (χ1v) is 8.28. The molecule has 0 radical (unpaired) electrons. The van der Waals surface area contributed by atoms with E-state index in [9.17, 15) is 5.11 Å². The van der Waals surface area contributed by atoms with Crippen molar-refractivity contribution in [2.45, 2.75) is 78.6 Å². The molecule has 0 aromatic carbocycles. The second-order valence-electron chi connectivity index (χ2n) is 8.15. The Balaban J connectivity index is 1.61. The van der Waals surface area contributed by atoms with Gasteiger partial charge in [0.05, 0.1) is 18.8 Å². The average molecular weight is 283 g/mol. The summed E-state index contributed by atoms with van der Waals surface area (Å²) in [5.74, 6) is 0.848. The minimum atomic E-state index is -0.387. The molecule has 0 saturated heterocycles. The molecule has 0 spiro atoms. The summed E-state index contributed by atoms with van der Waals surface area (Å²) in [5, 5.41) is 13.6. The number of hydrogen-bond donors (Lipinski definition) is 2. The zero-order valence-corrected chi connectivity index (χ0v) is 13.9. The molecule has 3 nitrogen and oxygen atoms in total. The highest BCUT2D eigenvalue weighted by Crippen LogP contribution is 2.62. The summed E-state index contributed by atoms with van der Waals surface area (Å²) in [5.41, 5.74) is 0.653. The highest BCUT2D eigenvalue weighted by molar-refractivity contribution is 5.17. The van der Waals surface area contributed by atoms with Gasteiger partial charge >= 0.3 is 0 Å². The minimum Gasteiger partial charge on any atom is -0.389 e. The number of aliphatic hydroxyl groups excluding tert-OH is 1. The van der Waals surface area contributed by atoms with Gasteiger partial charge < -0.3 is 15.2 Å². The monoisotopic (exact) mass is 283 g/mol. The molecule has 2 aliphatic rings. The van der Waals surface area contributed by atoms with Gasteiger partial charge in [0.2, 0.25) is 0 Å². The van der Waals surface area contributed by atoms with Crippen molar-refractivity contribution in [3.63, 3.8) is 0 Å². The van der Waals surface area contributed by atoms with Gasteiger partial charge in [-0.3, -0.25) is 0 Å². The first-order valence-electron chi connectivity index (χ1n) is 8.28. The summed E-state index contributed by atoms with van der Waals surface area (Å²) in [6, 6.07) is 0.500. The smallest absolute Gasteiger partial charge is 0.0897 e. The van der Waals surface area contributed by atoms with Gasteiger partial charge in [0.25, 0.3) is 0 Å². The molecule has 0 heterocycles. The van der Waals surface area contributed by atoms with Gasteiger partial charge in [0.15, 0.2) is 0 Å². The van der Waals surface area contributed by atoms with E-state index in [4.69, 9.17) is 4.74 Å². The molecule has 0 aromatic rings. The van der Waals surface area contributed by atoms with E-state index >= 15 is 0 Å². The SMILES string of the molecule is CC1CCC(OCC(O)CNC2C(C)(C)C2(C)C)CC1. The summed E-state index contributed by atoms with van der Waals surface area (Å²) in [6.45, 7) is 12.6. The Morgan fingerprint density at radius 3 is 2.15 bits per heavy atom. The Bertz CT molecular complexity index is 305. The maximum Gasteiger partial charge on any atom is 0.0897 e. The van der Waals surface area contributed by atoms with E-state index in [0.717, 1.165) is 18.8 Å². The Morgan fingerprint density at radius 2 is 1.65 bits per heavy atom. The third-order valence-electron chi connectivity index (χ3n) is 6.07. The van der Waals surface area contributed by atoms with Crippen molar-refractivity contribution in [2.75, 3.05) is 13.2 Å². The first-order chi connectivity index (χ1) is 9.25. The van der Waals surface area contributed by atoms with Gasteiger partial charge in [-0.2, -0.15) is 0 Å². The van der Waals surface area contributed by atoms with Crippen molar-refractivity contribution in [3.05, 3.63) is 0 Å². The first kappa shape index (κ1) is 16.3. The van der Waals surface area contributed by atoms with Crippen LogP contribution in [0.15, 0.2) is 0 Å². The summed E-state index contributed by atoms with van der Waals surface area (Å²) in [7, 11) is 0. The van der Waals surface area contributed by atoms with Crippen LogP contribution in [0.3, 0.4) is 0 Å². The van der Waals surface area contributed by atoms with Crippen LogP contribution in [-0.4, -0.2) is 36.5 Å². The van der Waals surface area contributed by atoms with Gasteiger partial charge in [-0.1, -0.05) is 34.6 Å². The molecule has 0 aromatic heterocycles. The van der Waals surface area contributed by atoms with E-state index in [1.54, 1.807) is 0 Å². The second-order valence-corrected chi connectivity index (χ2v) is 8.15. The number of ether oxygens (including phenoxy) is 1. The van der Waals surface area contributed by atoms with E-state index in [-0.39, 0.29) is 6.10 Å². The van der Waals surface area contributed by atoms with Crippen molar-refractivity contribution in [3.8, 4) is 0 Å². The Morgan fingerprint density at radius 1 is 1.10 bits per heavy atom. The highest BCUT2D eigenvalue weighted by atomic mass is 16.5. The normalized spacial score (nSPS) is 33.9.